The summed E-state index contributed by atoms with van der Waals surface area (Å²) in [6.45, 7) is 16.4. The van der Waals surface area contributed by atoms with Crippen molar-refractivity contribution in [1.29, 1.82) is 0 Å². The molecule has 0 nitrogen and oxygen atoms in total. The summed E-state index contributed by atoms with van der Waals surface area (Å²) in [5, 5.41) is 1.85. The molecule has 2 aromatic carbocycles. The largest absolute Gasteiger partial charge is 0.103 e. The van der Waals surface area contributed by atoms with Crippen LogP contribution in [-0.2, 0) is 0 Å². The van der Waals surface area contributed by atoms with E-state index < -0.39 is 8.07 Å². The quantitative estimate of drug-likeness (QED) is 0.384. The highest BCUT2D eigenvalue weighted by Gasteiger charge is 2.49. The molecule has 1 saturated heterocycles. The minimum Gasteiger partial charge on any atom is -0.103 e. The highest BCUT2D eigenvalue weighted by Crippen LogP contribution is 2.51. The fourth-order valence-corrected chi connectivity index (χ4v) is 10.8. The number of hydrogen-bond acceptors (Lipinski definition) is 0. The molecule has 1 heterocycles. The second-order valence-electron chi connectivity index (χ2n) is 10.1. The summed E-state index contributed by atoms with van der Waals surface area (Å²) in [6, 6.07) is 23.1. The second-order valence-corrected chi connectivity index (χ2v) is 15.1. The van der Waals surface area contributed by atoms with E-state index in [1.165, 1.54) is 36.1 Å². The predicted molar refractivity (Wildman–Crippen MR) is 123 cm³/mol. The van der Waals surface area contributed by atoms with Gasteiger partial charge in [0.25, 0.3) is 0 Å². The van der Waals surface area contributed by atoms with Gasteiger partial charge in [0, 0.05) is 0 Å². The van der Waals surface area contributed by atoms with Crippen LogP contribution in [0.3, 0.4) is 0 Å². The first-order chi connectivity index (χ1) is 12.7. The fourth-order valence-electron chi connectivity index (χ4n) is 5.09. The minimum absolute atomic E-state index is 0.226. The molecule has 0 radical (unpaired) electrons. The summed E-state index contributed by atoms with van der Waals surface area (Å²) < 4.78 is 0. The number of rotatable bonds is 4. The maximum atomic E-state index is 4.25. The second kappa shape index (κ2) is 7.43. The van der Waals surface area contributed by atoms with E-state index in [-0.39, 0.29) is 5.04 Å². The zero-order valence-electron chi connectivity index (χ0n) is 17.9. The molecule has 3 rings (SSSR count). The summed E-state index contributed by atoms with van der Waals surface area (Å²) in [5.41, 5.74) is 3.05. The fraction of sp³-hybridized carbons (Fsp3) is 0.462. The number of hydrogen-bond donors (Lipinski definition) is 0. The first-order valence-electron chi connectivity index (χ1n) is 10.5. The Labute approximate surface area is 167 Å². The lowest BCUT2D eigenvalue weighted by Crippen LogP contribution is -2.57. The normalized spacial score (nSPS) is 23.8. The smallest absolute Gasteiger partial charge is 0.0959 e. The van der Waals surface area contributed by atoms with Crippen molar-refractivity contribution in [2.24, 2.45) is 11.3 Å². The van der Waals surface area contributed by atoms with Crippen LogP contribution in [0.15, 0.2) is 67.3 Å². The van der Waals surface area contributed by atoms with E-state index in [4.69, 9.17) is 0 Å². The van der Waals surface area contributed by atoms with E-state index in [1.54, 1.807) is 5.19 Å². The highest BCUT2D eigenvalue weighted by molar-refractivity contribution is 6.94. The molecule has 1 fully saturated rings. The van der Waals surface area contributed by atoms with Crippen molar-refractivity contribution >= 4 is 13.3 Å². The molecule has 0 spiro atoms. The molecule has 0 aromatic heterocycles. The molecule has 27 heavy (non-hydrogen) atoms. The molecule has 0 saturated carbocycles. The lowest BCUT2D eigenvalue weighted by Gasteiger charge is -2.50. The van der Waals surface area contributed by atoms with Crippen molar-refractivity contribution in [2.75, 3.05) is 0 Å². The molecule has 1 aliphatic heterocycles. The van der Waals surface area contributed by atoms with Gasteiger partial charge in [0.15, 0.2) is 0 Å². The molecule has 144 valence electrons. The molecule has 0 N–H and O–H groups in total. The Morgan fingerprint density at radius 3 is 1.81 bits per heavy atom. The molecule has 1 aliphatic rings. The summed E-state index contributed by atoms with van der Waals surface area (Å²) in [5.74, 6) is 0.849. The first-order valence-corrected chi connectivity index (χ1v) is 12.9. The molecule has 2 aromatic rings. The molecular weight excluding hydrogens is 340 g/mol. The van der Waals surface area contributed by atoms with Crippen LogP contribution in [0.25, 0.3) is 11.1 Å². The lowest BCUT2D eigenvalue weighted by molar-refractivity contribution is 0.217. The van der Waals surface area contributed by atoms with Crippen LogP contribution in [0.2, 0.25) is 17.1 Å². The molecule has 0 atom stereocenters. The van der Waals surface area contributed by atoms with Crippen LogP contribution in [0.5, 0.6) is 0 Å². The standard InChI is InChI=1S/C26H36Si/c1-7-26(5,6)27(19-17-23(18-20-27)25(2,3)4)24-15-13-22(14-16-24)21-11-9-8-10-12-21/h7-16,23H,1,17-20H2,2-6H3. The molecule has 1 heteroatoms. The van der Waals surface area contributed by atoms with Crippen LogP contribution >= 0.6 is 0 Å². The van der Waals surface area contributed by atoms with Crippen LogP contribution in [0, 0.1) is 11.3 Å². The average Bonchev–Trinajstić information content (AvgIpc) is 2.68. The van der Waals surface area contributed by atoms with Crippen molar-refractivity contribution < 1.29 is 0 Å². The first kappa shape index (κ1) is 20.1. The Morgan fingerprint density at radius 1 is 0.815 bits per heavy atom. The Hall–Kier alpha value is -1.60. The maximum absolute atomic E-state index is 4.25. The van der Waals surface area contributed by atoms with Crippen molar-refractivity contribution in [3.05, 3.63) is 67.3 Å². The van der Waals surface area contributed by atoms with Crippen LogP contribution in [-0.4, -0.2) is 8.07 Å². The van der Waals surface area contributed by atoms with Crippen LogP contribution < -0.4 is 5.19 Å². The van der Waals surface area contributed by atoms with E-state index in [0.29, 0.717) is 5.41 Å². The van der Waals surface area contributed by atoms with Gasteiger partial charge in [0.1, 0.15) is 0 Å². The van der Waals surface area contributed by atoms with E-state index in [1.807, 2.05) is 0 Å². The van der Waals surface area contributed by atoms with Crippen LogP contribution in [0.1, 0.15) is 47.5 Å². The SMILES string of the molecule is C=CC(C)(C)[Si]1(c2ccc(-c3ccccc3)cc2)CCC(C(C)(C)C)CC1. The van der Waals surface area contributed by atoms with Gasteiger partial charge in [-0.3, -0.25) is 0 Å². The van der Waals surface area contributed by atoms with Gasteiger partial charge in [-0.25, -0.2) is 0 Å². The monoisotopic (exact) mass is 376 g/mol. The Balaban J connectivity index is 1.95. The predicted octanol–water partition coefficient (Wildman–Crippen LogP) is 7.43. The zero-order valence-corrected chi connectivity index (χ0v) is 18.9. The Morgan fingerprint density at radius 2 is 1.33 bits per heavy atom. The van der Waals surface area contributed by atoms with E-state index in [9.17, 15) is 0 Å². The van der Waals surface area contributed by atoms with Crippen molar-refractivity contribution in [1.82, 2.24) is 0 Å². The third kappa shape index (κ3) is 3.85. The minimum atomic E-state index is -1.65. The Bertz CT molecular complexity index is 754. The summed E-state index contributed by atoms with van der Waals surface area (Å²) in [6.07, 6.45) is 4.99. The van der Waals surface area contributed by atoms with Gasteiger partial charge < -0.3 is 0 Å². The van der Waals surface area contributed by atoms with Crippen molar-refractivity contribution in [3.63, 3.8) is 0 Å². The number of allylic oxidation sites excluding steroid dienone is 1. The van der Waals surface area contributed by atoms with Crippen molar-refractivity contribution in [2.45, 2.75) is 64.6 Å². The maximum Gasteiger partial charge on any atom is 0.0959 e. The molecule has 0 aliphatic carbocycles. The van der Waals surface area contributed by atoms with Crippen molar-refractivity contribution in [3.8, 4) is 11.1 Å². The third-order valence-corrected chi connectivity index (χ3v) is 13.7. The topological polar surface area (TPSA) is 0 Å². The number of benzene rings is 2. The summed E-state index contributed by atoms with van der Waals surface area (Å²) in [4.78, 5) is 0. The highest BCUT2D eigenvalue weighted by atomic mass is 28.3. The molecule has 0 unspecified atom stereocenters. The average molecular weight is 377 g/mol. The zero-order chi connectivity index (χ0) is 19.7. The lowest BCUT2D eigenvalue weighted by atomic mass is 9.77. The van der Waals surface area contributed by atoms with Gasteiger partial charge in [-0.15, -0.1) is 6.58 Å². The van der Waals surface area contributed by atoms with E-state index in [0.717, 1.165) is 5.92 Å². The summed E-state index contributed by atoms with van der Waals surface area (Å²) in [7, 11) is -1.65. The van der Waals surface area contributed by atoms with Gasteiger partial charge in [0.2, 0.25) is 0 Å². The van der Waals surface area contributed by atoms with Crippen LogP contribution in [0.4, 0.5) is 0 Å². The Kier molecular flexibility index (Phi) is 5.54. The van der Waals surface area contributed by atoms with Gasteiger partial charge in [-0.05, 0) is 27.5 Å². The molecule has 0 amide bonds. The van der Waals surface area contributed by atoms with Gasteiger partial charge >= 0.3 is 0 Å². The van der Waals surface area contributed by atoms with Gasteiger partial charge in [-0.2, -0.15) is 0 Å². The third-order valence-electron chi connectivity index (χ3n) is 7.35. The van der Waals surface area contributed by atoms with E-state index in [2.05, 4.69) is 102 Å². The van der Waals surface area contributed by atoms with Gasteiger partial charge in [-0.1, -0.05) is 125 Å². The molecule has 0 bridgehead atoms. The van der Waals surface area contributed by atoms with E-state index >= 15 is 0 Å². The van der Waals surface area contributed by atoms with Gasteiger partial charge in [0.05, 0.1) is 8.07 Å². The molecular formula is C26H36Si. The summed E-state index contributed by atoms with van der Waals surface area (Å²) >= 11 is 0.